The van der Waals surface area contributed by atoms with E-state index in [0.717, 1.165) is 15.4 Å². The normalized spacial score (nSPS) is 11.0. The molecule has 3 aromatic heterocycles. The van der Waals surface area contributed by atoms with E-state index in [2.05, 4.69) is 25.6 Å². The number of amides is 1. The number of aryl methyl sites for hydroxylation is 1. The van der Waals surface area contributed by atoms with Crippen molar-refractivity contribution in [2.45, 2.75) is 30.3 Å². The number of imidazole rings is 1. The van der Waals surface area contributed by atoms with E-state index < -0.39 is 0 Å². The second-order valence-corrected chi connectivity index (χ2v) is 7.43. The van der Waals surface area contributed by atoms with Gasteiger partial charge in [0.1, 0.15) is 16.3 Å². The summed E-state index contributed by atoms with van der Waals surface area (Å²) in [5.41, 5.74) is 8.45. The van der Waals surface area contributed by atoms with Crippen LogP contribution in [0.1, 0.15) is 13.8 Å². The number of nitrogens with two attached hydrogens (primary N) is 1. The van der Waals surface area contributed by atoms with E-state index in [1.54, 1.807) is 19.4 Å². The van der Waals surface area contributed by atoms with Crippen molar-refractivity contribution in [3.63, 3.8) is 0 Å². The second kappa shape index (κ2) is 8.03. The van der Waals surface area contributed by atoms with Crippen molar-refractivity contribution in [1.82, 2.24) is 24.8 Å². The third-order valence-corrected chi connectivity index (χ3v) is 5.28. The zero-order chi connectivity index (χ0) is 21.3. The SMILES string of the molecule is CCn1c(-c2nonc2N)nc2cnc(Sc3ccc(OC)c(NC(C)=O)c3)cc21. The molecule has 30 heavy (non-hydrogen) atoms. The number of carbonyl (C=O) groups excluding carboxylic acids is 1. The van der Waals surface area contributed by atoms with Gasteiger partial charge in [-0.1, -0.05) is 11.8 Å². The lowest BCUT2D eigenvalue weighted by Crippen LogP contribution is -2.07. The Kier molecular flexibility index (Phi) is 5.27. The average Bonchev–Trinajstić information content (AvgIpc) is 3.30. The minimum absolute atomic E-state index is 0.170. The van der Waals surface area contributed by atoms with E-state index in [-0.39, 0.29) is 11.7 Å². The van der Waals surface area contributed by atoms with Gasteiger partial charge in [-0.15, -0.1) is 0 Å². The number of aromatic nitrogens is 5. The van der Waals surface area contributed by atoms with Gasteiger partial charge in [0.25, 0.3) is 0 Å². The molecular formula is C19H19N7O3S. The summed E-state index contributed by atoms with van der Waals surface area (Å²) in [7, 11) is 1.56. The molecule has 1 amide bonds. The highest BCUT2D eigenvalue weighted by molar-refractivity contribution is 7.99. The lowest BCUT2D eigenvalue weighted by Gasteiger charge is -2.11. The number of hydrogen-bond acceptors (Lipinski definition) is 9. The summed E-state index contributed by atoms with van der Waals surface area (Å²) < 4.78 is 12.0. The molecule has 0 spiro atoms. The lowest BCUT2D eigenvalue weighted by molar-refractivity contribution is -0.114. The van der Waals surface area contributed by atoms with Gasteiger partial charge >= 0.3 is 0 Å². The number of rotatable bonds is 6. The van der Waals surface area contributed by atoms with Crippen molar-refractivity contribution in [2.24, 2.45) is 0 Å². The van der Waals surface area contributed by atoms with Gasteiger partial charge in [-0.05, 0) is 41.5 Å². The zero-order valence-electron chi connectivity index (χ0n) is 16.5. The molecule has 0 radical (unpaired) electrons. The predicted octanol–water partition coefficient (Wildman–Crippen LogP) is 3.20. The Morgan fingerprint density at radius 1 is 1.33 bits per heavy atom. The van der Waals surface area contributed by atoms with E-state index in [4.69, 9.17) is 15.1 Å². The van der Waals surface area contributed by atoms with Crippen molar-refractivity contribution < 1.29 is 14.2 Å². The summed E-state index contributed by atoms with van der Waals surface area (Å²) in [5, 5.41) is 11.0. The largest absolute Gasteiger partial charge is 0.495 e. The number of pyridine rings is 1. The monoisotopic (exact) mass is 425 g/mol. The van der Waals surface area contributed by atoms with Crippen LogP contribution in [0.25, 0.3) is 22.6 Å². The summed E-state index contributed by atoms with van der Waals surface area (Å²) >= 11 is 1.46. The number of anilines is 2. The van der Waals surface area contributed by atoms with E-state index in [0.29, 0.717) is 35.0 Å². The lowest BCUT2D eigenvalue weighted by atomic mass is 10.3. The first-order valence-electron chi connectivity index (χ1n) is 9.08. The number of fused-ring (bicyclic) bond motifs is 1. The molecule has 10 nitrogen and oxygen atoms in total. The van der Waals surface area contributed by atoms with Crippen LogP contribution in [0.2, 0.25) is 0 Å². The number of nitrogens with one attached hydrogen (secondary N) is 1. The molecule has 4 rings (SSSR count). The average molecular weight is 425 g/mol. The fourth-order valence-corrected chi connectivity index (χ4v) is 3.91. The quantitative estimate of drug-likeness (QED) is 0.477. The summed E-state index contributed by atoms with van der Waals surface area (Å²) in [5.74, 6) is 1.18. The molecule has 11 heteroatoms. The molecule has 3 heterocycles. The molecule has 3 N–H and O–H groups in total. The number of benzene rings is 1. The molecule has 4 aromatic rings. The number of carbonyl (C=O) groups is 1. The number of nitrogens with zero attached hydrogens (tertiary/aromatic N) is 5. The molecule has 0 bridgehead atoms. The van der Waals surface area contributed by atoms with Crippen LogP contribution in [0.3, 0.4) is 0 Å². The van der Waals surface area contributed by atoms with Gasteiger partial charge in [0.05, 0.1) is 24.5 Å². The number of ether oxygens (including phenoxy) is 1. The highest BCUT2D eigenvalue weighted by atomic mass is 32.2. The van der Waals surface area contributed by atoms with Crippen molar-refractivity contribution in [2.75, 3.05) is 18.2 Å². The molecule has 0 saturated carbocycles. The maximum Gasteiger partial charge on any atom is 0.221 e. The van der Waals surface area contributed by atoms with Crippen LogP contribution in [0.15, 0.2) is 45.0 Å². The maximum absolute atomic E-state index is 11.5. The molecule has 0 aliphatic heterocycles. The van der Waals surface area contributed by atoms with Crippen LogP contribution in [0.4, 0.5) is 11.5 Å². The van der Waals surface area contributed by atoms with Crippen molar-refractivity contribution >= 4 is 40.2 Å². The van der Waals surface area contributed by atoms with Gasteiger partial charge in [-0.2, -0.15) is 0 Å². The Bertz CT molecular complexity index is 1230. The number of methoxy groups -OCH3 is 1. The van der Waals surface area contributed by atoms with Crippen molar-refractivity contribution in [3.05, 3.63) is 30.5 Å². The Labute approximate surface area is 175 Å². The molecule has 0 saturated heterocycles. The fraction of sp³-hybridized carbons (Fsp3) is 0.211. The van der Waals surface area contributed by atoms with Gasteiger partial charge in [-0.25, -0.2) is 14.6 Å². The molecule has 154 valence electrons. The highest BCUT2D eigenvalue weighted by Crippen LogP contribution is 2.35. The molecule has 0 fully saturated rings. The fourth-order valence-electron chi connectivity index (χ4n) is 3.08. The summed E-state index contributed by atoms with van der Waals surface area (Å²) in [6.07, 6.45) is 1.70. The van der Waals surface area contributed by atoms with E-state index in [9.17, 15) is 4.79 Å². The van der Waals surface area contributed by atoms with E-state index in [1.807, 2.05) is 29.7 Å². The zero-order valence-corrected chi connectivity index (χ0v) is 17.4. The standard InChI is InChI=1S/C19H19N7O3S/c1-4-26-14-8-16(21-9-13(14)23-19(26)17-18(20)25-29-24-17)30-11-5-6-15(28-3)12(7-11)22-10(2)27/h5-9H,4H2,1-3H3,(H2,20,25)(H,22,27). The summed E-state index contributed by atoms with van der Waals surface area (Å²) in [6, 6.07) is 7.51. The third-order valence-electron chi connectivity index (χ3n) is 4.36. The molecule has 0 atom stereocenters. The molecule has 0 unspecified atom stereocenters. The summed E-state index contributed by atoms with van der Waals surface area (Å²) in [6.45, 7) is 4.11. The van der Waals surface area contributed by atoms with Gasteiger partial charge in [0.15, 0.2) is 17.3 Å². The first-order valence-corrected chi connectivity index (χ1v) is 9.90. The Balaban J connectivity index is 1.71. The van der Waals surface area contributed by atoms with Gasteiger partial charge in [0, 0.05) is 18.4 Å². The molecular weight excluding hydrogens is 406 g/mol. The first kappa shape index (κ1) is 19.7. The highest BCUT2D eigenvalue weighted by Gasteiger charge is 2.19. The van der Waals surface area contributed by atoms with E-state index >= 15 is 0 Å². The van der Waals surface area contributed by atoms with Crippen LogP contribution in [-0.4, -0.2) is 37.9 Å². The molecule has 0 aliphatic carbocycles. The Hall–Kier alpha value is -3.60. The number of nitrogen functional groups attached to an aromatic ring is 1. The van der Waals surface area contributed by atoms with Crippen LogP contribution in [0, 0.1) is 0 Å². The van der Waals surface area contributed by atoms with Crippen molar-refractivity contribution in [1.29, 1.82) is 0 Å². The minimum atomic E-state index is -0.170. The van der Waals surface area contributed by atoms with Crippen molar-refractivity contribution in [3.8, 4) is 17.3 Å². The van der Waals surface area contributed by atoms with Gasteiger partial charge < -0.3 is 20.4 Å². The molecule has 0 aliphatic rings. The Morgan fingerprint density at radius 3 is 2.83 bits per heavy atom. The van der Waals surface area contributed by atoms with Gasteiger partial charge in [0.2, 0.25) is 5.91 Å². The van der Waals surface area contributed by atoms with Crippen LogP contribution >= 0.6 is 11.8 Å². The Morgan fingerprint density at radius 2 is 2.17 bits per heavy atom. The predicted molar refractivity (Wildman–Crippen MR) is 112 cm³/mol. The van der Waals surface area contributed by atoms with Crippen LogP contribution in [-0.2, 0) is 11.3 Å². The first-order chi connectivity index (χ1) is 14.5. The topological polar surface area (TPSA) is 134 Å². The van der Waals surface area contributed by atoms with Crippen LogP contribution in [0.5, 0.6) is 5.75 Å². The summed E-state index contributed by atoms with van der Waals surface area (Å²) in [4.78, 5) is 21.5. The van der Waals surface area contributed by atoms with Crippen LogP contribution < -0.4 is 15.8 Å². The maximum atomic E-state index is 11.5. The second-order valence-electron chi connectivity index (χ2n) is 6.33. The smallest absolute Gasteiger partial charge is 0.221 e. The third kappa shape index (κ3) is 3.66. The number of hydrogen-bond donors (Lipinski definition) is 2. The van der Waals surface area contributed by atoms with Gasteiger partial charge in [-0.3, -0.25) is 4.79 Å². The minimum Gasteiger partial charge on any atom is -0.495 e. The molecule has 1 aromatic carbocycles. The van der Waals surface area contributed by atoms with E-state index in [1.165, 1.54) is 18.7 Å².